The van der Waals surface area contributed by atoms with Crippen molar-refractivity contribution in [1.82, 2.24) is 10.2 Å². The van der Waals surface area contributed by atoms with Gasteiger partial charge in [-0.1, -0.05) is 13.8 Å². The number of rotatable bonds is 2. The third-order valence-corrected chi connectivity index (χ3v) is 1.70. The van der Waals surface area contributed by atoms with Gasteiger partial charge < -0.3 is 0 Å². The van der Waals surface area contributed by atoms with Crippen molar-refractivity contribution in [3.05, 3.63) is 18.0 Å². The van der Waals surface area contributed by atoms with Crippen molar-refractivity contribution < 1.29 is 0 Å². The summed E-state index contributed by atoms with van der Waals surface area (Å²) in [5.41, 5.74) is 1.30. The van der Waals surface area contributed by atoms with Crippen LogP contribution in [0.4, 0.5) is 0 Å². The molecule has 0 saturated heterocycles. The van der Waals surface area contributed by atoms with Crippen molar-refractivity contribution in [2.24, 2.45) is 0 Å². The Kier molecular flexibility index (Phi) is 1.88. The van der Waals surface area contributed by atoms with Crippen LogP contribution in [0, 0.1) is 0 Å². The minimum Gasteiger partial charge on any atom is -0.285 e. The molecular weight excluding hydrogens is 112 g/mol. The Bertz CT molecular complexity index is 155. The van der Waals surface area contributed by atoms with Crippen molar-refractivity contribution in [3.8, 4) is 0 Å². The summed E-state index contributed by atoms with van der Waals surface area (Å²) in [4.78, 5) is 0. The van der Waals surface area contributed by atoms with E-state index in [0.29, 0.717) is 5.92 Å². The molecule has 0 aromatic carbocycles. The van der Waals surface area contributed by atoms with Crippen molar-refractivity contribution in [2.45, 2.75) is 26.2 Å². The van der Waals surface area contributed by atoms with Crippen LogP contribution in [0.1, 0.15) is 31.7 Å². The predicted molar refractivity (Wildman–Crippen MR) is 37.3 cm³/mol. The first kappa shape index (κ1) is 6.33. The molecule has 0 unspecified atom stereocenters. The molecule has 0 amide bonds. The van der Waals surface area contributed by atoms with Gasteiger partial charge in [-0.25, -0.2) is 0 Å². The molecule has 0 saturated carbocycles. The van der Waals surface area contributed by atoms with Crippen LogP contribution in [-0.4, -0.2) is 10.2 Å². The monoisotopic (exact) mass is 124 g/mol. The zero-order chi connectivity index (χ0) is 6.69. The fourth-order valence-electron chi connectivity index (χ4n) is 0.766. The summed E-state index contributed by atoms with van der Waals surface area (Å²) in [7, 11) is 0. The second kappa shape index (κ2) is 2.67. The van der Waals surface area contributed by atoms with E-state index in [-0.39, 0.29) is 0 Å². The minimum atomic E-state index is 0.642. The predicted octanol–water partition coefficient (Wildman–Crippen LogP) is 1.92. The lowest BCUT2D eigenvalue weighted by Gasteiger charge is -2.01. The van der Waals surface area contributed by atoms with Gasteiger partial charge in [-0.15, -0.1) is 0 Å². The highest BCUT2D eigenvalue weighted by Crippen LogP contribution is 2.15. The molecule has 0 fully saturated rings. The first-order chi connectivity index (χ1) is 4.34. The van der Waals surface area contributed by atoms with Gasteiger partial charge >= 0.3 is 0 Å². The van der Waals surface area contributed by atoms with Gasteiger partial charge in [0.25, 0.3) is 0 Å². The van der Waals surface area contributed by atoms with Gasteiger partial charge in [0.15, 0.2) is 0 Å². The third kappa shape index (κ3) is 1.31. The van der Waals surface area contributed by atoms with Crippen molar-refractivity contribution in [2.75, 3.05) is 0 Å². The maximum atomic E-state index is 3.87. The zero-order valence-corrected chi connectivity index (χ0v) is 5.89. The maximum Gasteiger partial charge on any atom is 0.0521 e. The molecule has 0 bridgehead atoms. The zero-order valence-electron chi connectivity index (χ0n) is 5.89. The highest BCUT2D eigenvalue weighted by atomic mass is 15.1. The Hall–Kier alpha value is -0.790. The summed E-state index contributed by atoms with van der Waals surface area (Å²) in [6.07, 6.45) is 5.02. The van der Waals surface area contributed by atoms with E-state index in [1.165, 1.54) is 12.0 Å². The van der Waals surface area contributed by atoms with Gasteiger partial charge in [-0.05, 0) is 17.9 Å². The van der Waals surface area contributed by atoms with Gasteiger partial charge in [0.1, 0.15) is 0 Å². The lowest BCUT2D eigenvalue weighted by molar-refractivity contribution is 0.734. The van der Waals surface area contributed by atoms with Crippen LogP contribution in [0.5, 0.6) is 0 Å². The van der Waals surface area contributed by atoms with E-state index in [1.54, 1.807) is 0 Å². The molecule has 1 heterocycles. The first-order valence-electron chi connectivity index (χ1n) is 3.33. The molecule has 0 spiro atoms. The minimum absolute atomic E-state index is 0.642. The van der Waals surface area contributed by atoms with Crippen LogP contribution in [-0.2, 0) is 0 Å². The Morgan fingerprint density at radius 3 is 3.00 bits per heavy atom. The van der Waals surface area contributed by atoms with E-state index in [0.717, 1.165) is 0 Å². The molecule has 1 aromatic rings. The molecule has 1 rings (SSSR count). The number of hydrogen-bond donors (Lipinski definition) is 1. The van der Waals surface area contributed by atoms with E-state index < -0.39 is 0 Å². The SMILES string of the molecule is CC[C@H](C)c1cn[nH]c1. The molecule has 0 radical (unpaired) electrons. The quantitative estimate of drug-likeness (QED) is 0.641. The Morgan fingerprint density at radius 2 is 2.56 bits per heavy atom. The fourth-order valence-corrected chi connectivity index (χ4v) is 0.766. The first-order valence-corrected chi connectivity index (χ1v) is 3.33. The molecule has 50 valence electrons. The molecule has 0 aliphatic heterocycles. The second-order valence-corrected chi connectivity index (χ2v) is 2.34. The van der Waals surface area contributed by atoms with E-state index >= 15 is 0 Å². The Labute approximate surface area is 55.3 Å². The summed E-state index contributed by atoms with van der Waals surface area (Å²) < 4.78 is 0. The Morgan fingerprint density at radius 1 is 1.78 bits per heavy atom. The summed E-state index contributed by atoms with van der Waals surface area (Å²) in [5, 5.41) is 6.66. The summed E-state index contributed by atoms with van der Waals surface area (Å²) >= 11 is 0. The van der Waals surface area contributed by atoms with Crippen LogP contribution in [0.15, 0.2) is 12.4 Å². The molecule has 1 atom stereocenters. The number of nitrogens with one attached hydrogen (secondary N) is 1. The summed E-state index contributed by atoms with van der Waals surface area (Å²) in [5.74, 6) is 0.642. The number of aromatic amines is 1. The second-order valence-electron chi connectivity index (χ2n) is 2.34. The largest absolute Gasteiger partial charge is 0.285 e. The average Bonchev–Trinajstić information content (AvgIpc) is 2.37. The highest BCUT2D eigenvalue weighted by Gasteiger charge is 2.01. The molecule has 0 aliphatic rings. The standard InChI is InChI=1S/C7H12N2/c1-3-6(2)7-4-8-9-5-7/h4-6H,3H2,1-2H3,(H,8,9)/t6-/m0/s1. The maximum absolute atomic E-state index is 3.87. The van der Waals surface area contributed by atoms with E-state index in [9.17, 15) is 0 Å². The van der Waals surface area contributed by atoms with Gasteiger partial charge in [-0.2, -0.15) is 5.10 Å². The van der Waals surface area contributed by atoms with Crippen LogP contribution in [0.2, 0.25) is 0 Å². The van der Waals surface area contributed by atoms with E-state index in [4.69, 9.17) is 0 Å². The normalized spacial score (nSPS) is 13.6. The van der Waals surface area contributed by atoms with E-state index in [1.807, 2.05) is 12.4 Å². The van der Waals surface area contributed by atoms with Gasteiger partial charge in [0.05, 0.1) is 6.20 Å². The Balaban J connectivity index is 2.65. The van der Waals surface area contributed by atoms with Gasteiger partial charge in [0.2, 0.25) is 0 Å². The van der Waals surface area contributed by atoms with Crippen molar-refractivity contribution in [3.63, 3.8) is 0 Å². The third-order valence-electron chi connectivity index (χ3n) is 1.70. The number of aromatic nitrogens is 2. The van der Waals surface area contributed by atoms with Crippen LogP contribution >= 0.6 is 0 Å². The molecule has 2 nitrogen and oxygen atoms in total. The number of nitrogens with zero attached hydrogens (tertiary/aromatic N) is 1. The van der Waals surface area contributed by atoms with E-state index in [2.05, 4.69) is 24.0 Å². The molecule has 1 aromatic heterocycles. The average molecular weight is 124 g/mol. The molecule has 0 aliphatic carbocycles. The lowest BCUT2D eigenvalue weighted by Crippen LogP contribution is -1.86. The van der Waals surface area contributed by atoms with Crippen LogP contribution < -0.4 is 0 Å². The fraction of sp³-hybridized carbons (Fsp3) is 0.571. The molecule has 9 heavy (non-hydrogen) atoms. The smallest absolute Gasteiger partial charge is 0.0521 e. The summed E-state index contributed by atoms with van der Waals surface area (Å²) in [6.45, 7) is 4.38. The van der Waals surface area contributed by atoms with Crippen molar-refractivity contribution >= 4 is 0 Å². The molecule has 1 N–H and O–H groups in total. The highest BCUT2D eigenvalue weighted by molar-refractivity contribution is 5.08. The topological polar surface area (TPSA) is 28.7 Å². The van der Waals surface area contributed by atoms with Crippen LogP contribution in [0.3, 0.4) is 0 Å². The lowest BCUT2D eigenvalue weighted by atomic mass is 10.0. The molecule has 2 heteroatoms. The van der Waals surface area contributed by atoms with Gasteiger partial charge in [0, 0.05) is 6.20 Å². The number of H-pyrrole nitrogens is 1. The van der Waals surface area contributed by atoms with Crippen LogP contribution in [0.25, 0.3) is 0 Å². The van der Waals surface area contributed by atoms with Gasteiger partial charge in [-0.3, -0.25) is 5.10 Å². The number of hydrogen-bond acceptors (Lipinski definition) is 1. The summed E-state index contributed by atoms with van der Waals surface area (Å²) in [6, 6.07) is 0. The molecular formula is C7H12N2. The van der Waals surface area contributed by atoms with Crippen molar-refractivity contribution in [1.29, 1.82) is 0 Å².